The van der Waals surface area contributed by atoms with Gasteiger partial charge in [0.2, 0.25) is 0 Å². The Morgan fingerprint density at radius 2 is 0.923 bits per heavy atom. The molecular formula is C38H35N. The van der Waals surface area contributed by atoms with Crippen molar-refractivity contribution in [3.63, 3.8) is 0 Å². The van der Waals surface area contributed by atoms with E-state index in [4.69, 9.17) is 0 Å². The molecule has 0 aromatic heterocycles. The van der Waals surface area contributed by atoms with Gasteiger partial charge in [0.25, 0.3) is 0 Å². The number of anilines is 3. The molecular weight excluding hydrogens is 470 g/mol. The van der Waals surface area contributed by atoms with Crippen molar-refractivity contribution in [1.29, 1.82) is 0 Å². The Morgan fingerprint density at radius 3 is 1.49 bits per heavy atom. The zero-order valence-corrected chi connectivity index (χ0v) is 22.9. The van der Waals surface area contributed by atoms with Crippen molar-refractivity contribution in [3.05, 3.63) is 160 Å². The minimum absolute atomic E-state index is 1.06. The summed E-state index contributed by atoms with van der Waals surface area (Å²) in [6.45, 7) is 4.26. The molecule has 1 heteroatoms. The summed E-state index contributed by atoms with van der Waals surface area (Å²) in [7, 11) is 0. The maximum Gasteiger partial charge on any atom is 0.0462 e. The van der Waals surface area contributed by atoms with Gasteiger partial charge in [-0.25, -0.2) is 0 Å². The van der Waals surface area contributed by atoms with Gasteiger partial charge in [-0.1, -0.05) is 102 Å². The maximum atomic E-state index is 2.39. The van der Waals surface area contributed by atoms with Crippen LogP contribution in [0, 0.1) is 13.8 Å². The standard InChI is InChI=1S/C38H35N/c1-28-3-21-36(22-4-28)39(37-23-5-29(2)6-24-37)38-25-16-32(17-26-38)14-20-35-27-33-12-11-30-7-9-31(10-8-30)13-18-34(35)19-15-33/h3-10,14-17,19-27H,11-13,18H2,1-2H3/b20-14+. The fourth-order valence-corrected chi connectivity index (χ4v) is 5.38. The highest BCUT2D eigenvalue weighted by Gasteiger charge is 2.12. The van der Waals surface area contributed by atoms with Crippen molar-refractivity contribution in [2.75, 3.05) is 4.90 Å². The van der Waals surface area contributed by atoms with Crippen LogP contribution in [0.15, 0.2) is 115 Å². The Hall–Kier alpha value is -4.36. The molecule has 5 aromatic rings. The van der Waals surface area contributed by atoms with E-state index in [0.29, 0.717) is 0 Å². The van der Waals surface area contributed by atoms with Gasteiger partial charge in [0.1, 0.15) is 0 Å². The van der Waals surface area contributed by atoms with Gasteiger partial charge in [0.05, 0.1) is 0 Å². The van der Waals surface area contributed by atoms with E-state index in [1.54, 1.807) is 0 Å². The van der Waals surface area contributed by atoms with Gasteiger partial charge < -0.3 is 4.90 Å². The molecule has 0 saturated carbocycles. The first-order valence-electron chi connectivity index (χ1n) is 14.0. The molecule has 0 aliphatic heterocycles. The molecule has 5 aromatic carbocycles. The average molecular weight is 506 g/mol. The third-order valence-corrected chi connectivity index (χ3v) is 7.81. The van der Waals surface area contributed by atoms with Crippen LogP contribution < -0.4 is 4.90 Å². The summed E-state index contributed by atoms with van der Waals surface area (Å²) < 4.78 is 0. The number of benzene rings is 5. The number of hydrogen-bond donors (Lipinski definition) is 0. The average Bonchev–Trinajstić information content (AvgIpc) is 2.96. The van der Waals surface area contributed by atoms with Crippen LogP contribution in [0.25, 0.3) is 12.2 Å². The van der Waals surface area contributed by atoms with Gasteiger partial charge in [-0.3, -0.25) is 0 Å². The molecule has 0 unspecified atom stereocenters. The van der Waals surface area contributed by atoms with Gasteiger partial charge in [-0.15, -0.1) is 0 Å². The second kappa shape index (κ2) is 11.2. The van der Waals surface area contributed by atoms with Crippen LogP contribution in [-0.4, -0.2) is 0 Å². The van der Waals surface area contributed by atoms with Crippen LogP contribution >= 0.6 is 0 Å². The molecule has 0 amide bonds. The highest BCUT2D eigenvalue weighted by Crippen LogP contribution is 2.35. The van der Waals surface area contributed by atoms with Crippen LogP contribution in [0.4, 0.5) is 17.1 Å². The van der Waals surface area contributed by atoms with Crippen molar-refractivity contribution < 1.29 is 0 Å². The molecule has 4 bridgehead atoms. The molecule has 39 heavy (non-hydrogen) atoms. The smallest absolute Gasteiger partial charge is 0.0462 e. The fourth-order valence-electron chi connectivity index (χ4n) is 5.38. The van der Waals surface area contributed by atoms with Crippen LogP contribution in [0.3, 0.4) is 0 Å². The second-order valence-electron chi connectivity index (χ2n) is 10.8. The first kappa shape index (κ1) is 24.9. The van der Waals surface area contributed by atoms with E-state index in [1.807, 2.05) is 0 Å². The lowest BCUT2D eigenvalue weighted by Gasteiger charge is -2.26. The summed E-state index contributed by atoms with van der Waals surface area (Å²) in [5, 5.41) is 0. The molecule has 0 radical (unpaired) electrons. The van der Waals surface area contributed by atoms with Crippen LogP contribution in [0.5, 0.6) is 0 Å². The minimum Gasteiger partial charge on any atom is -0.311 e. The highest BCUT2D eigenvalue weighted by molar-refractivity contribution is 5.78. The van der Waals surface area contributed by atoms with E-state index in [1.165, 1.54) is 44.5 Å². The summed E-state index contributed by atoms with van der Waals surface area (Å²) in [5.74, 6) is 0. The van der Waals surface area contributed by atoms with Gasteiger partial charge in [-0.2, -0.15) is 0 Å². The maximum absolute atomic E-state index is 2.39. The Morgan fingerprint density at radius 1 is 0.462 bits per heavy atom. The summed E-state index contributed by atoms with van der Waals surface area (Å²) >= 11 is 0. The lowest BCUT2D eigenvalue weighted by molar-refractivity contribution is 0.919. The second-order valence-corrected chi connectivity index (χ2v) is 10.8. The Labute approximate surface area is 233 Å². The molecule has 9 rings (SSSR count). The molecule has 0 heterocycles. The van der Waals surface area contributed by atoms with Crippen molar-refractivity contribution in [3.8, 4) is 0 Å². The Kier molecular flexibility index (Phi) is 7.15. The van der Waals surface area contributed by atoms with Crippen LogP contribution in [0.1, 0.15) is 44.5 Å². The summed E-state index contributed by atoms with van der Waals surface area (Å²) in [4.78, 5) is 2.32. The molecule has 0 fully saturated rings. The summed E-state index contributed by atoms with van der Waals surface area (Å²) in [6, 6.07) is 42.7. The highest BCUT2D eigenvalue weighted by atomic mass is 15.1. The van der Waals surface area contributed by atoms with Gasteiger partial charge in [0, 0.05) is 17.1 Å². The van der Waals surface area contributed by atoms with E-state index in [0.717, 1.165) is 42.7 Å². The summed E-state index contributed by atoms with van der Waals surface area (Å²) in [6.07, 6.45) is 8.85. The predicted octanol–water partition coefficient (Wildman–Crippen LogP) is 9.83. The van der Waals surface area contributed by atoms with Crippen molar-refractivity contribution in [2.24, 2.45) is 0 Å². The fraction of sp³-hybridized carbons (Fsp3) is 0.158. The number of hydrogen-bond acceptors (Lipinski definition) is 1. The topological polar surface area (TPSA) is 3.24 Å². The quantitative estimate of drug-likeness (QED) is 0.215. The lowest BCUT2D eigenvalue weighted by atomic mass is 9.93. The first-order valence-corrected chi connectivity index (χ1v) is 14.0. The lowest BCUT2D eigenvalue weighted by Crippen LogP contribution is -2.09. The molecule has 4 aliphatic carbocycles. The van der Waals surface area contributed by atoms with Gasteiger partial charge in [0.15, 0.2) is 0 Å². The van der Waals surface area contributed by atoms with E-state index in [2.05, 4.69) is 146 Å². The predicted molar refractivity (Wildman–Crippen MR) is 167 cm³/mol. The zero-order valence-electron chi connectivity index (χ0n) is 22.9. The summed E-state index contributed by atoms with van der Waals surface area (Å²) in [5.41, 5.74) is 14.2. The zero-order chi connectivity index (χ0) is 26.6. The van der Waals surface area contributed by atoms with Crippen molar-refractivity contribution >= 4 is 29.2 Å². The Bertz CT molecular complexity index is 1530. The monoisotopic (exact) mass is 505 g/mol. The molecule has 4 aliphatic rings. The van der Waals surface area contributed by atoms with Crippen molar-refractivity contribution in [1.82, 2.24) is 0 Å². The minimum atomic E-state index is 1.06. The third kappa shape index (κ3) is 5.89. The normalized spacial score (nSPS) is 12.9. The van der Waals surface area contributed by atoms with Crippen LogP contribution in [-0.2, 0) is 25.7 Å². The van der Waals surface area contributed by atoms with E-state index >= 15 is 0 Å². The van der Waals surface area contributed by atoms with Gasteiger partial charge in [-0.05, 0) is 109 Å². The number of nitrogens with zero attached hydrogens (tertiary/aromatic N) is 1. The van der Waals surface area contributed by atoms with Gasteiger partial charge >= 0.3 is 0 Å². The largest absolute Gasteiger partial charge is 0.311 e. The molecule has 0 atom stereocenters. The molecule has 192 valence electrons. The molecule has 0 spiro atoms. The van der Waals surface area contributed by atoms with E-state index in [-0.39, 0.29) is 0 Å². The van der Waals surface area contributed by atoms with Crippen molar-refractivity contribution in [2.45, 2.75) is 39.5 Å². The molecule has 0 N–H and O–H groups in total. The SMILES string of the molecule is Cc1ccc(N(c2ccc(C)cc2)c2ccc(/C=C/c3cc4ccc3CCc3ccc(cc3)CC4)cc2)cc1. The van der Waals surface area contributed by atoms with Crippen LogP contribution in [0.2, 0.25) is 0 Å². The molecule has 0 saturated heterocycles. The first-order chi connectivity index (χ1) is 19.1. The van der Waals surface area contributed by atoms with E-state index < -0.39 is 0 Å². The number of aryl methyl sites for hydroxylation is 6. The van der Waals surface area contributed by atoms with E-state index in [9.17, 15) is 0 Å². The molecule has 1 nitrogen and oxygen atoms in total. The number of rotatable bonds is 5. The third-order valence-electron chi connectivity index (χ3n) is 7.81. The Balaban J connectivity index is 1.27.